The Morgan fingerprint density at radius 3 is 2.90 bits per heavy atom. The van der Waals surface area contributed by atoms with E-state index in [4.69, 9.17) is 11.6 Å². The molecule has 2 unspecified atom stereocenters. The summed E-state index contributed by atoms with van der Waals surface area (Å²) in [7, 11) is 0. The fraction of sp³-hybridized carbons (Fsp3) is 0.565. The van der Waals surface area contributed by atoms with Gasteiger partial charge < -0.3 is 15.2 Å². The molecule has 0 aromatic carbocycles. The molecule has 0 radical (unpaired) electrons. The van der Waals surface area contributed by atoms with E-state index in [1.54, 1.807) is 6.33 Å². The molecule has 0 bridgehead atoms. The molecular weight excluding hydrogens is 382 g/mol. The number of fused-ring (bicyclic) bond motifs is 1. The monoisotopic (exact) mass is 415 g/mol. The number of nitrogens with zero attached hydrogens (tertiary/aromatic N) is 3. The lowest BCUT2D eigenvalue weighted by Gasteiger charge is -2.15. The summed E-state index contributed by atoms with van der Waals surface area (Å²) < 4.78 is 2.29. The van der Waals surface area contributed by atoms with Crippen LogP contribution in [0.25, 0.3) is 17.1 Å². The van der Waals surface area contributed by atoms with E-state index in [2.05, 4.69) is 57.9 Å². The minimum absolute atomic E-state index is 0.473. The third kappa shape index (κ3) is 5.68. The van der Waals surface area contributed by atoms with Crippen LogP contribution in [0.4, 0.5) is 0 Å². The Kier molecular flexibility index (Phi) is 8.28. The molecule has 1 aliphatic rings. The first-order valence-electron chi connectivity index (χ1n) is 10.8. The standard InChI is InChI=1S/C23H34ClN5/c1-4-17(3)9-12-25-10-6-11-26-14-18-7-8-20(13-18)29-15-19(5-2)21-22(24)27-16-28-23(21)29/h4-5,15-16,18,20,25-26H,2,6-14H2,1,3H3/b17-4+. The number of hydrogen-bond donors (Lipinski definition) is 2. The second-order valence-electron chi connectivity index (χ2n) is 8.08. The van der Waals surface area contributed by atoms with Crippen LogP contribution in [0, 0.1) is 5.92 Å². The van der Waals surface area contributed by atoms with Crippen LogP contribution in [0.1, 0.15) is 57.6 Å². The highest BCUT2D eigenvalue weighted by atomic mass is 35.5. The van der Waals surface area contributed by atoms with Gasteiger partial charge in [-0.05, 0) is 78.0 Å². The molecule has 3 rings (SSSR count). The molecule has 2 aromatic heterocycles. The van der Waals surface area contributed by atoms with Crippen molar-refractivity contribution in [2.45, 2.75) is 52.0 Å². The maximum absolute atomic E-state index is 6.31. The number of aromatic nitrogens is 3. The topological polar surface area (TPSA) is 54.8 Å². The highest BCUT2D eigenvalue weighted by Gasteiger charge is 2.27. The predicted octanol–water partition coefficient (Wildman–Crippen LogP) is 4.99. The molecule has 2 N–H and O–H groups in total. The van der Waals surface area contributed by atoms with Gasteiger partial charge in [-0.1, -0.05) is 35.9 Å². The number of halogens is 1. The molecule has 29 heavy (non-hydrogen) atoms. The van der Waals surface area contributed by atoms with E-state index in [0.717, 1.165) is 49.2 Å². The summed E-state index contributed by atoms with van der Waals surface area (Å²) in [4.78, 5) is 8.64. The van der Waals surface area contributed by atoms with Crippen molar-refractivity contribution in [1.29, 1.82) is 0 Å². The maximum atomic E-state index is 6.31. The minimum Gasteiger partial charge on any atom is -0.329 e. The van der Waals surface area contributed by atoms with Gasteiger partial charge in [0.2, 0.25) is 0 Å². The van der Waals surface area contributed by atoms with Crippen molar-refractivity contribution >= 4 is 28.7 Å². The molecule has 1 saturated carbocycles. The first-order valence-corrected chi connectivity index (χ1v) is 11.2. The van der Waals surface area contributed by atoms with Crippen LogP contribution in [0.2, 0.25) is 5.15 Å². The molecule has 1 aliphatic carbocycles. The zero-order valence-corrected chi connectivity index (χ0v) is 18.5. The van der Waals surface area contributed by atoms with Crippen LogP contribution < -0.4 is 10.6 Å². The lowest BCUT2D eigenvalue weighted by molar-refractivity contribution is 0.452. The van der Waals surface area contributed by atoms with E-state index in [0.29, 0.717) is 17.1 Å². The Labute approximate surface area is 179 Å². The number of hydrogen-bond acceptors (Lipinski definition) is 4. The van der Waals surface area contributed by atoms with Gasteiger partial charge in [-0.3, -0.25) is 0 Å². The van der Waals surface area contributed by atoms with Crippen LogP contribution in [0.3, 0.4) is 0 Å². The van der Waals surface area contributed by atoms with Gasteiger partial charge >= 0.3 is 0 Å². The van der Waals surface area contributed by atoms with Gasteiger partial charge in [0.25, 0.3) is 0 Å². The summed E-state index contributed by atoms with van der Waals surface area (Å²) in [6, 6.07) is 0.473. The van der Waals surface area contributed by atoms with Crippen molar-refractivity contribution in [3.05, 3.63) is 41.5 Å². The summed E-state index contributed by atoms with van der Waals surface area (Å²) in [5, 5.41) is 8.60. The molecule has 6 heteroatoms. The average Bonchev–Trinajstić information content (AvgIpc) is 3.34. The van der Waals surface area contributed by atoms with Crippen molar-refractivity contribution in [2.24, 2.45) is 5.92 Å². The maximum Gasteiger partial charge on any atom is 0.145 e. The van der Waals surface area contributed by atoms with E-state index < -0.39 is 0 Å². The summed E-state index contributed by atoms with van der Waals surface area (Å²) >= 11 is 6.31. The smallest absolute Gasteiger partial charge is 0.145 e. The minimum atomic E-state index is 0.473. The van der Waals surface area contributed by atoms with Crippen LogP contribution in [0.5, 0.6) is 0 Å². The Bertz CT molecular complexity index is 841. The summed E-state index contributed by atoms with van der Waals surface area (Å²) in [5.41, 5.74) is 3.40. The first-order chi connectivity index (χ1) is 14.1. The first kappa shape index (κ1) is 22.0. The van der Waals surface area contributed by atoms with E-state index in [-0.39, 0.29) is 0 Å². The Balaban J connectivity index is 1.42. The molecule has 1 fully saturated rings. The van der Waals surface area contributed by atoms with Crippen molar-refractivity contribution in [2.75, 3.05) is 26.2 Å². The van der Waals surface area contributed by atoms with Crippen LogP contribution in [0.15, 0.2) is 30.8 Å². The normalized spacial score (nSPS) is 19.9. The highest BCUT2D eigenvalue weighted by Crippen LogP contribution is 2.38. The van der Waals surface area contributed by atoms with Crippen LogP contribution in [-0.2, 0) is 0 Å². The second kappa shape index (κ2) is 10.9. The van der Waals surface area contributed by atoms with Gasteiger partial charge in [0.1, 0.15) is 17.1 Å². The molecule has 0 spiro atoms. The van der Waals surface area contributed by atoms with E-state index >= 15 is 0 Å². The third-order valence-corrected chi connectivity index (χ3v) is 6.33. The van der Waals surface area contributed by atoms with Gasteiger partial charge in [0, 0.05) is 17.8 Å². The third-order valence-electron chi connectivity index (χ3n) is 6.05. The largest absolute Gasteiger partial charge is 0.329 e. The molecule has 2 atom stereocenters. The van der Waals surface area contributed by atoms with E-state index in [1.165, 1.54) is 31.3 Å². The highest BCUT2D eigenvalue weighted by molar-refractivity contribution is 6.34. The quantitative estimate of drug-likeness (QED) is 0.308. The molecule has 158 valence electrons. The summed E-state index contributed by atoms with van der Waals surface area (Å²) in [5.74, 6) is 0.715. The zero-order valence-electron chi connectivity index (χ0n) is 17.8. The van der Waals surface area contributed by atoms with E-state index in [1.807, 2.05) is 6.08 Å². The zero-order chi connectivity index (χ0) is 20.6. The molecule has 0 amide bonds. The van der Waals surface area contributed by atoms with Gasteiger partial charge in [0.05, 0.1) is 5.39 Å². The number of allylic oxidation sites excluding steroid dienone is 1. The second-order valence-corrected chi connectivity index (χ2v) is 8.44. The molecule has 2 heterocycles. The summed E-state index contributed by atoms with van der Waals surface area (Å²) in [6.07, 6.45) is 13.6. The average molecular weight is 416 g/mol. The van der Waals surface area contributed by atoms with Crippen molar-refractivity contribution in [3.8, 4) is 0 Å². The number of nitrogens with one attached hydrogen (secondary N) is 2. The van der Waals surface area contributed by atoms with Gasteiger partial charge in [-0.2, -0.15) is 0 Å². The lowest BCUT2D eigenvalue weighted by Crippen LogP contribution is -2.26. The summed E-state index contributed by atoms with van der Waals surface area (Å²) in [6.45, 7) is 12.5. The fourth-order valence-electron chi connectivity index (χ4n) is 4.19. The van der Waals surface area contributed by atoms with E-state index in [9.17, 15) is 0 Å². The van der Waals surface area contributed by atoms with Crippen molar-refractivity contribution in [1.82, 2.24) is 25.2 Å². The van der Waals surface area contributed by atoms with Crippen LogP contribution >= 0.6 is 11.6 Å². The van der Waals surface area contributed by atoms with Gasteiger partial charge in [-0.25, -0.2) is 9.97 Å². The fourth-order valence-corrected chi connectivity index (χ4v) is 4.43. The Morgan fingerprint density at radius 1 is 1.28 bits per heavy atom. The Morgan fingerprint density at radius 2 is 2.10 bits per heavy atom. The van der Waals surface area contributed by atoms with Crippen molar-refractivity contribution in [3.63, 3.8) is 0 Å². The molecule has 5 nitrogen and oxygen atoms in total. The van der Waals surface area contributed by atoms with Crippen LogP contribution in [-0.4, -0.2) is 40.7 Å². The van der Waals surface area contributed by atoms with Crippen molar-refractivity contribution < 1.29 is 0 Å². The van der Waals surface area contributed by atoms with Gasteiger partial charge in [0.15, 0.2) is 0 Å². The predicted molar refractivity (Wildman–Crippen MR) is 123 cm³/mol. The molecule has 2 aromatic rings. The van der Waals surface area contributed by atoms with Gasteiger partial charge in [-0.15, -0.1) is 0 Å². The SMILES string of the molecule is C=Cc1cn(C2CCC(CNCCCNCC/C(C)=C/C)C2)c2ncnc(Cl)c12. The molecule has 0 aliphatic heterocycles. The number of rotatable bonds is 11. The lowest BCUT2D eigenvalue weighted by atomic mass is 10.1. The molecular formula is C23H34ClN5. The molecule has 0 saturated heterocycles. The Hall–Kier alpha value is -1.69.